The van der Waals surface area contributed by atoms with Gasteiger partial charge in [0.05, 0.1) is 11.6 Å². The molecule has 0 aliphatic carbocycles. The molecule has 3 N–H and O–H groups in total. The number of amidine groups is 1. The smallest absolute Gasteiger partial charge is 0.320 e. The Bertz CT molecular complexity index is 568. The van der Waals surface area contributed by atoms with Gasteiger partial charge in [0.1, 0.15) is 5.60 Å². The van der Waals surface area contributed by atoms with Crippen LogP contribution in [0.3, 0.4) is 0 Å². The van der Waals surface area contributed by atoms with Gasteiger partial charge >= 0.3 is 5.97 Å². The van der Waals surface area contributed by atoms with Crippen molar-refractivity contribution in [3.8, 4) is 0 Å². The molecule has 1 aromatic rings. The summed E-state index contributed by atoms with van der Waals surface area (Å²) in [7, 11) is 1.81. The Kier molecular flexibility index (Phi) is 6.20. The lowest BCUT2D eigenvalue weighted by Gasteiger charge is -2.22. The van der Waals surface area contributed by atoms with E-state index in [4.69, 9.17) is 27.3 Å². The van der Waals surface area contributed by atoms with Crippen LogP contribution >= 0.6 is 11.6 Å². The molecule has 122 valence electrons. The van der Waals surface area contributed by atoms with Crippen LogP contribution in [-0.2, 0) is 16.1 Å². The summed E-state index contributed by atoms with van der Waals surface area (Å²) < 4.78 is 5.27. The summed E-state index contributed by atoms with van der Waals surface area (Å²) in [6.45, 7) is 6.19. The van der Waals surface area contributed by atoms with Crippen molar-refractivity contribution >= 4 is 23.4 Å². The molecular formula is C15H22ClN3O3. The number of hydrogen-bond acceptors (Lipinski definition) is 5. The van der Waals surface area contributed by atoms with Crippen molar-refractivity contribution in [2.24, 2.45) is 10.9 Å². The van der Waals surface area contributed by atoms with E-state index in [1.165, 1.54) is 0 Å². The lowest BCUT2D eigenvalue weighted by atomic mass is 10.1. The highest BCUT2D eigenvalue weighted by molar-refractivity contribution is 6.34. The first-order chi connectivity index (χ1) is 10.1. The SMILES string of the molecule is CN(CC(=O)OC(C)(C)C)Cc1ccc(/C(N)=N\O)c(Cl)c1. The molecule has 0 amide bonds. The van der Waals surface area contributed by atoms with E-state index in [-0.39, 0.29) is 18.3 Å². The normalized spacial score (nSPS) is 12.5. The number of likely N-dealkylation sites (N-methyl/N-ethyl adjacent to an activating group) is 1. The van der Waals surface area contributed by atoms with Crippen LogP contribution < -0.4 is 5.73 Å². The van der Waals surface area contributed by atoms with Crippen LogP contribution in [0, 0.1) is 0 Å². The molecule has 0 heterocycles. The summed E-state index contributed by atoms with van der Waals surface area (Å²) in [4.78, 5) is 13.6. The van der Waals surface area contributed by atoms with Crippen molar-refractivity contribution in [2.45, 2.75) is 32.9 Å². The summed E-state index contributed by atoms with van der Waals surface area (Å²) in [6, 6.07) is 5.21. The Hall–Kier alpha value is -1.79. The molecular weight excluding hydrogens is 306 g/mol. The molecule has 22 heavy (non-hydrogen) atoms. The Morgan fingerprint density at radius 2 is 2.09 bits per heavy atom. The lowest BCUT2D eigenvalue weighted by molar-refractivity contribution is -0.155. The number of hydrogen-bond donors (Lipinski definition) is 2. The minimum atomic E-state index is -0.496. The fourth-order valence-corrected chi connectivity index (χ4v) is 2.18. The maximum Gasteiger partial charge on any atom is 0.320 e. The zero-order valence-corrected chi connectivity index (χ0v) is 14.0. The Morgan fingerprint density at radius 3 is 2.59 bits per heavy atom. The average molecular weight is 328 g/mol. The van der Waals surface area contributed by atoms with Gasteiger partial charge in [-0.05, 0) is 45.5 Å². The van der Waals surface area contributed by atoms with Crippen LogP contribution in [0.15, 0.2) is 23.4 Å². The fraction of sp³-hybridized carbons (Fsp3) is 0.467. The Balaban J connectivity index is 2.67. The van der Waals surface area contributed by atoms with Gasteiger partial charge in [-0.15, -0.1) is 0 Å². The van der Waals surface area contributed by atoms with Crippen molar-refractivity contribution in [1.29, 1.82) is 0 Å². The number of nitrogens with zero attached hydrogens (tertiary/aromatic N) is 2. The van der Waals surface area contributed by atoms with E-state index in [1.54, 1.807) is 12.1 Å². The van der Waals surface area contributed by atoms with Gasteiger partial charge in [0.2, 0.25) is 0 Å². The largest absolute Gasteiger partial charge is 0.459 e. The molecule has 0 saturated carbocycles. The second-order valence-corrected chi connectivity index (χ2v) is 6.47. The number of rotatable bonds is 5. The molecule has 0 saturated heterocycles. The van der Waals surface area contributed by atoms with E-state index in [0.29, 0.717) is 17.1 Å². The highest BCUT2D eigenvalue weighted by atomic mass is 35.5. The monoisotopic (exact) mass is 327 g/mol. The molecule has 0 fully saturated rings. The second kappa shape index (κ2) is 7.47. The van der Waals surface area contributed by atoms with Gasteiger partial charge in [-0.2, -0.15) is 0 Å². The quantitative estimate of drug-likeness (QED) is 0.284. The molecule has 1 aromatic carbocycles. The number of ether oxygens (including phenoxy) is 1. The summed E-state index contributed by atoms with van der Waals surface area (Å²) in [6.07, 6.45) is 0. The Morgan fingerprint density at radius 1 is 1.45 bits per heavy atom. The predicted molar refractivity (Wildman–Crippen MR) is 86.1 cm³/mol. The fourth-order valence-electron chi connectivity index (χ4n) is 1.88. The molecule has 1 rings (SSSR count). The third-order valence-corrected chi connectivity index (χ3v) is 3.00. The molecule has 0 aliphatic rings. The summed E-state index contributed by atoms with van der Waals surface area (Å²) >= 11 is 6.10. The highest BCUT2D eigenvalue weighted by Gasteiger charge is 2.17. The zero-order chi connectivity index (χ0) is 16.9. The van der Waals surface area contributed by atoms with E-state index in [1.807, 2.05) is 38.8 Å². The maximum atomic E-state index is 11.8. The highest BCUT2D eigenvalue weighted by Crippen LogP contribution is 2.18. The topological polar surface area (TPSA) is 88.2 Å². The van der Waals surface area contributed by atoms with Crippen molar-refractivity contribution in [3.63, 3.8) is 0 Å². The summed E-state index contributed by atoms with van der Waals surface area (Å²) in [5, 5.41) is 12.0. The molecule has 0 atom stereocenters. The van der Waals surface area contributed by atoms with Crippen LogP contribution in [0.4, 0.5) is 0 Å². The molecule has 0 unspecified atom stereocenters. The van der Waals surface area contributed by atoms with Crippen LogP contribution in [-0.4, -0.2) is 41.1 Å². The standard InChI is InChI=1S/C15H22ClN3O3/c1-15(2,3)22-13(20)9-19(4)8-10-5-6-11(12(16)7-10)14(17)18-21/h5-7,21H,8-9H2,1-4H3,(H2,17,18). The van der Waals surface area contributed by atoms with Crippen molar-refractivity contribution in [3.05, 3.63) is 34.3 Å². The first kappa shape index (κ1) is 18.3. The molecule has 0 radical (unpaired) electrons. The van der Waals surface area contributed by atoms with Gasteiger partial charge in [-0.25, -0.2) is 0 Å². The van der Waals surface area contributed by atoms with Gasteiger partial charge in [0, 0.05) is 12.1 Å². The van der Waals surface area contributed by atoms with E-state index in [9.17, 15) is 4.79 Å². The van der Waals surface area contributed by atoms with Gasteiger partial charge in [0.25, 0.3) is 0 Å². The predicted octanol–water partition coefficient (Wildman–Crippen LogP) is 2.21. The van der Waals surface area contributed by atoms with E-state index in [2.05, 4.69) is 5.16 Å². The number of carbonyl (C=O) groups excluding carboxylic acids is 1. The maximum absolute atomic E-state index is 11.8. The minimum Gasteiger partial charge on any atom is -0.459 e. The van der Waals surface area contributed by atoms with Gasteiger partial charge < -0.3 is 15.7 Å². The van der Waals surface area contributed by atoms with E-state index < -0.39 is 5.60 Å². The first-order valence-electron chi connectivity index (χ1n) is 6.79. The number of oxime groups is 1. The van der Waals surface area contributed by atoms with Gasteiger partial charge in [-0.3, -0.25) is 9.69 Å². The summed E-state index contributed by atoms with van der Waals surface area (Å²) in [5.74, 6) is -0.326. The number of benzene rings is 1. The number of nitrogens with two attached hydrogens (primary N) is 1. The molecule has 6 nitrogen and oxygen atoms in total. The molecule has 0 aliphatic heterocycles. The molecule has 0 spiro atoms. The van der Waals surface area contributed by atoms with Crippen molar-refractivity contribution in [1.82, 2.24) is 4.90 Å². The van der Waals surface area contributed by atoms with Crippen LogP contribution in [0.2, 0.25) is 5.02 Å². The third kappa shape index (κ3) is 5.91. The van der Waals surface area contributed by atoms with Crippen molar-refractivity contribution < 1.29 is 14.7 Å². The first-order valence-corrected chi connectivity index (χ1v) is 7.17. The number of halogens is 1. The minimum absolute atomic E-state index is 0.0429. The second-order valence-electron chi connectivity index (χ2n) is 6.06. The van der Waals surface area contributed by atoms with Crippen LogP contribution in [0.5, 0.6) is 0 Å². The summed E-state index contributed by atoms with van der Waals surface area (Å²) in [5.41, 5.74) is 6.39. The van der Waals surface area contributed by atoms with Gasteiger partial charge in [-0.1, -0.05) is 22.8 Å². The number of carbonyl (C=O) groups is 1. The Labute approximate surface area is 135 Å². The number of esters is 1. The van der Waals surface area contributed by atoms with Crippen LogP contribution in [0.1, 0.15) is 31.9 Å². The third-order valence-electron chi connectivity index (χ3n) is 2.69. The van der Waals surface area contributed by atoms with E-state index >= 15 is 0 Å². The van der Waals surface area contributed by atoms with Crippen LogP contribution in [0.25, 0.3) is 0 Å². The molecule has 7 heteroatoms. The average Bonchev–Trinajstić information content (AvgIpc) is 2.35. The lowest BCUT2D eigenvalue weighted by Crippen LogP contribution is -2.32. The molecule has 0 bridgehead atoms. The van der Waals surface area contributed by atoms with Gasteiger partial charge in [0.15, 0.2) is 5.84 Å². The van der Waals surface area contributed by atoms with Crippen molar-refractivity contribution in [2.75, 3.05) is 13.6 Å². The zero-order valence-electron chi connectivity index (χ0n) is 13.3. The molecule has 0 aromatic heterocycles. The van der Waals surface area contributed by atoms with E-state index in [0.717, 1.165) is 5.56 Å².